The number of amides is 1. The molecule has 0 saturated heterocycles. The van der Waals surface area contributed by atoms with Crippen molar-refractivity contribution in [3.05, 3.63) is 36.0 Å². The highest BCUT2D eigenvalue weighted by molar-refractivity contribution is 5.99. The van der Waals surface area contributed by atoms with E-state index in [1.54, 1.807) is 4.90 Å². The summed E-state index contributed by atoms with van der Waals surface area (Å²) in [5.41, 5.74) is 2.26. The summed E-state index contributed by atoms with van der Waals surface area (Å²) in [6.45, 7) is 4.20. The number of fused-ring (bicyclic) bond motifs is 1. The van der Waals surface area contributed by atoms with Crippen molar-refractivity contribution >= 4 is 22.5 Å². The van der Waals surface area contributed by atoms with Crippen molar-refractivity contribution < 1.29 is 4.79 Å². The van der Waals surface area contributed by atoms with Crippen molar-refractivity contribution in [1.29, 1.82) is 0 Å². The number of anilines is 1. The van der Waals surface area contributed by atoms with Gasteiger partial charge < -0.3 is 10.2 Å². The van der Waals surface area contributed by atoms with Crippen LogP contribution >= 0.6 is 0 Å². The summed E-state index contributed by atoms with van der Waals surface area (Å²) in [6, 6.07) is 9.94. The third kappa shape index (κ3) is 2.99. The van der Waals surface area contributed by atoms with Gasteiger partial charge in [-0.1, -0.05) is 32.0 Å². The minimum absolute atomic E-state index is 0.0223. The van der Waals surface area contributed by atoms with Crippen molar-refractivity contribution in [1.82, 2.24) is 9.88 Å². The lowest BCUT2D eigenvalue weighted by molar-refractivity contribution is 0.0718. The van der Waals surface area contributed by atoms with Crippen LogP contribution in [0.3, 0.4) is 0 Å². The zero-order chi connectivity index (χ0) is 15.4. The topological polar surface area (TPSA) is 45.2 Å². The van der Waals surface area contributed by atoms with Gasteiger partial charge in [-0.3, -0.25) is 4.79 Å². The molecule has 2 rings (SSSR count). The van der Waals surface area contributed by atoms with Gasteiger partial charge in [-0.2, -0.15) is 0 Å². The lowest BCUT2D eigenvalue weighted by atomic mass is 10.1. The maximum atomic E-state index is 12.7. The van der Waals surface area contributed by atoms with Crippen LogP contribution in [0.15, 0.2) is 30.3 Å². The zero-order valence-electron chi connectivity index (χ0n) is 13.2. The number of benzene rings is 1. The number of rotatable bonds is 5. The SMILES string of the molecule is CCC(CC)N(C)C(=O)c1cc(NC)c2ccccc2n1. The van der Waals surface area contributed by atoms with Crippen molar-refractivity contribution in [2.24, 2.45) is 0 Å². The van der Waals surface area contributed by atoms with Crippen molar-refractivity contribution in [2.75, 3.05) is 19.4 Å². The van der Waals surface area contributed by atoms with Gasteiger partial charge in [0, 0.05) is 31.2 Å². The third-order valence-electron chi connectivity index (χ3n) is 4.02. The van der Waals surface area contributed by atoms with Crippen LogP contribution in [0.4, 0.5) is 5.69 Å². The van der Waals surface area contributed by atoms with Crippen molar-refractivity contribution in [3.8, 4) is 0 Å². The fraction of sp³-hybridized carbons (Fsp3) is 0.412. The van der Waals surface area contributed by atoms with Crippen LogP contribution < -0.4 is 5.32 Å². The van der Waals surface area contributed by atoms with E-state index in [1.165, 1.54) is 0 Å². The summed E-state index contributed by atoms with van der Waals surface area (Å²) < 4.78 is 0. The molecule has 0 aliphatic carbocycles. The average molecular weight is 285 g/mol. The van der Waals surface area contributed by atoms with Crippen LogP contribution in [0.25, 0.3) is 10.9 Å². The van der Waals surface area contributed by atoms with E-state index in [2.05, 4.69) is 24.1 Å². The van der Waals surface area contributed by atoms with Crippen molar-refractivity contribution in [2.45, 2.75) is 32.7 Å². The Labute approximate surface area is 126 Å². The first-order chi connectivity index (χ1) is 10.1. The molecule has 0 unspecified atom stereocenters. The van der Waals surface area contributed by atoms with Gasteiger partial charge in [-0.25, -0.2) is 4.98 Å². The van der Waals surface area contributed by atoms with Gasteiger partial charge in [0.2, 0.25) is 0 Å². The molecular formula is C17H23N3O. The second-order valence-corrected chi connectivity index (χ2v) is 5.21. The zero-order valence-corrected chi connectivity index (χ0v) is 13.2. The van der Waals surface area contributed by atoms with Crippen LogP contribution in [0.1, 0.15) is 37.2 Å². The molecule has 112 valence electrons. The van der Waals surface area contributed by atoms with Gasteiger partial charge in [0.1, 0.15) is 5.69 Å². The molecule has 0 spiro atoms. The monoisotopic (exact) mass is 285 g/mol. The largest absolute Gasteiger partial charge is 0.388 e. The van der Waals surface area contributed by atoms with E-state index in [0.29, 0.717) is 5.69 Å². The lowest BCUT2D eigenvalue weighted by Gasteiger charge is -2.26. The summed E-state index contributed by atoms with van der Waals surface area (Å²) in [5.74, 6) is -0.0223. The number of pyridine rings is 1. The minimum atomic E-state index is -0.0223. The molecule has 1 heterocycles. The van der Waals surface area contributed by atoms with Crippen LogP contribution in [-0.4, -0.2) is 35.9 Å². The molecule has 0 bridgehead atoms. The number of para-hydroxylation sites is 1. The first kappa shape index (κ1) is 15.3. The van der Waals surface area contributed by atoms with E-state index in [1.807, 2.05) is 44.4 Å². The summed E-state index contributed by atoms with van der Waals surface area (Å²) in [7, 11) is 3.72. The Morgan fingerprint density at radius 1 is 1.29 bits per heavy atom. The summed E-state index contributed by atoms with van der Waals surface area (Å²) in [6.07, 6.45) is 1.90. The Balaban J connectivity index is 2.44. The number of aromatic nitrogens is 1. The molecule has 2 aromatic rings. The molecule has 0 aliphatic rings. The average Bonchev–Trinajstić information content (AvgIpc) is 2.54. The Kier molecular flexibility index (Phi) is 4.78. The molecule has 1 amide bonds. The summed E-state index contributed by atoms with van der Waals surface area (Å²) >= 11 is 0. The number of carbonyl (C=O) groups excluding carboxylic acids is 1. The highest BCUT2D eigenvalue weighted by atomic mass is 16.2. The predicted octanol–water partition coefficient (Wildman–Crippen LogP) is 3.54. The van der Waals surface area contributed by atoms with Gasteiger partial charge in [0.25, 0.3) is 5.91 Å². The Bertz CT molecular complexity index is 635. The van der Waals surface area contributed by atoms with E-state index in [-0.39, 0.29) is 11.9 Å². The van der Waals surface area contributed by atoms with Crippen LogP contribution in [-0.2, 0) is 0 Å². The molecule has 0 saturated carbocycles. The normalized spacial score (nSPS) is 10.9. The quantitative estimate of drug-likeness (QED) is 0.914. The summed E-state index contributed by atoms with van der Waals surface area (Å²) in [4.78, 5) is 19.0. The summed E-state index contributed by atoms with van der Waals surface area (Å²) in [5, 5.41) is 4.18. The highest BCUT2D eigenvalue weighted by Gasteiger charge is 2.20. The van der Waals surface area contributed by atoms with Crippen LogP contribution in [0.5, 0.6) is 0 Å². The molecule has 4 heteroatoms. The molecule has 1 N–H and O–H groups in total. The van der Waals surface area contributed by atoms with Crippen LogP contribution in [0.2, 0.25) is 0 Å². The maximum absolute atomic E-state index is 12.7. The molecular weight excluding hydrogens is 262 g/mol. The minimum Gasteiger partial charge on any atom is -0.388 e. The Morgan fingerprint density at radius 3 is 2.57 bits per heavy atom. The van der Waals surface area contributed by atoms with Crippen LogP contribution in [0, 0.1) is 0 Å². The second-order valence-electron chi connectivity index (χ2n) is 5.21. The molecule has 0 aliphatic heterocycles. The maximum Gasteiger partial charge on any atom is 0.272 e. The fourth-order valence-corrected chi connectivity index (χ4v) is 2.67. The Hall–Kier alpha value is -2.10. The highest BCUT2D eigenvalue weighted by Crippen LogP contribution is 2.23. The van der Waals surface area contributed by atoms with Gasteiger partial charge in [-0.05, 0) is 25.0 Å². The molecule has 1 aromatic heterocycles. The molecule has 0 radical (unpaired) electrons. The lowest BCUT2D eigenvalue weighted by Crippen LogP contribution is -2.36. The number of nitrogens with zero attached hydrogens (tertiary/aromatic N) is 2. The number of nitrogens with one attached hydrogen (secondary N) is 1. The van der Waals surface area contributed by atoms with Gasteiger partial charge in [-0.15, -0.1) is 0 Å². The standard InChI is InChI=1S/C17H23N3O/c1-5-12(6-2)20(4)17(21)16-11-15(18-3)13-9-7-8-10-14(13)19-16/h7-12H,5-6H2,1-4H3,(H,18,19). The van der Waals surface area contributed by atoms with E-state index >= 15 is 0 Å². The molecule has 0 atom stereocenters. The van der Waals surface area contributed by atoms with Gasteiger partial charge >= 0.3 is 0 Å². The first-order valence-corrected chi connectivity index (χ1v) is 7.47. The first-order valence-electron chi connectivity index (χ1n) is 7.47. The van der Waals surface area contributed by atoms with E-state index in [4.69, 9.17) is 0 Å². The number of hydrogen-bond acceptors (Lipinski definition) is 3. The Morgan fingerprint density at radius 2 is 1.95 bits per heavy atom. The van der Waals surface area contributed by atoms with E-state index < -0.39 is 0 Å². The fourth-order valence-electron chi connectivity index (χ4n) is 2.67. The number of hydrogen-bond donors (Lipinski definition) is 1. The van der Waals surface area contributed by atoms with E-state index in [0.717, 1.165) is 29.4 Å². The third-order valence-corrected chi connectivity index (χ3v) is 4.02. The molecule has 1 aromatic carbocycles. The molecule has 4 nitrogen and oxygen atoms in total. The predicted molar refractivity (Wildman–Crippen MR) is 87.8 cm³/mol. The smallest absolute Gasteiger partial charge is 0.272 e. The molecule has 0 fully saturated rings. The van der Waals surface area contributed by atoms with Gasteiger partial charge in [0.05, 0.1) is 5.52 Å². The molecule has 21 heavy (non-hydrogen) atoms. The number of carbonyl (C=O) groups is 1. The van der Waals surface area contributed by atoms with Crippen molar-refractivity contribution in [3.63, 3.8) is 0 Å². The van der Waals surface area contributed by atoms with Gasteiger partial charge in [0.15, 0.2) is 0 Å². The second kappa shape index (κ2) is 6.57. The van der Waals surface area contributed by atoms with E-state index in [9.17, 15) is 4.79 Å².